The number of hydrogen-bond acceptors (Lipinski definition) is 6. The Morgan fingerprint density at radius 3 is 2.50 bits per heavy atom. The molecule has 0 unspecified atom stereocenters. The molecule has 0 saturated heterocycles. The Hall–Kier alpha value is -3.16. The van der Waals surface area contributed by atoms with Crippen molar-refractivity contribution in [3.8, 4) is 22.0 Å². The van der Waals surface area contributed by atoms with E-state index < -0.39 is 0 Å². The van der Waals surface area contributed by atoms with Crippen LogP contribution < -0.4 is 0 Å². The van der Waals surface area contributed by atoms with E-state index in [1.165, 1.54) is 11.1 Å². The Bertz CT molecular complexity index is 1370. The van der Waals surface area contributed by atoms with E-state index >= 15 is 0 Å². The third-order valence-corrected chi connectivity index (χ3v) is 7.67. The van der Waals surface area contributed by atoms with Crippen LogP contribution in [0.15, 0.2) is 81.9 Å². The minimum absolute atomic E-state index is 0.529. The first-order chi connectivity index (χ1) is 16.6. The molecule has 3 heterocycles. The van der Waals surface area contributed by atoms with Gasteiger partial charge in [-0.3, -0.25) is 4.57 Å². The lowest BCUT2D eigenvalue weighted by molar-refractivity contribution is 0.534. The summed E-state index contributed by atoms with van der Waals surface area (Å²) in [4.78, 5) is 4.88. The van der Waals surface area contributed by atoms with E-state index in [0.29, 0.717) is 12.5 Å². The second-order valence-electron chi connectivity index (χ2n) is 8.48. The molecular weight excluding hydrogens is 460 g/mol. The van der Waals surface area contributed by atoms with E-state index in [1.807, 2.05) is 19.1 Å². The molecule has 0 aliphatic carbocycles. The van der Waals surface area contributed by atoms with Crippen LogP contribution in [0.25, 0.3) is 22.0 Å². The van der Waals surface area contributed by atoms with Gasteiger partial charge in [0.15, 0.2) is 11.0 Å². The van der Waals surface area contributed by atoms with Crippen molar-refractivity contribution in [2.75, 3.05) is 0 Å². The van der Waals surface area contributed by atoms with E-state index in [4.69, 9.17) is 9.40 Å². The first-order valence-electron chi connectivity index (χ1n) is 11.3. The molecule has 0 spiro atoms. The Morgan fingerprint density at radius 1 is 1.00 bits per heavy atom. The third-order valence-electron chi connectivity index (χ3n) is 5.73. The van der Waals surface area contributed by atoms with Crippen LogP contribution in [-0.2, 0) is 12.3 Å². The molecule has 0 N–H and O–H groups in total. The zero-order valence-electron chi connectivity index (χ0n) is 19.4. The van der Waals surface area contributed by atoms with Gasteiger partial charge >= 0.3 is 0 Å². The van der Waals surface area contributed by atoms with Crippen molar-refractivity contribution in [3.05, 3.63) is 94.9 Å². The number of benzene rings is 2. The summed E-state index contributed by atoms with van der Waals surface area (Å²) in [6.07, 6.45) is 1.70. The van der Waals surface area contributed by atoms with Crippen molar-refractivity contribution in [3.63, 3.8) is 0 Å². The fraction of sp³-hybridized carbons (Fsp3) is 0.222. The minimum Gasteiger partial charge on any atom is -0.469 e. The van der Waals surface area contributed by atoms with Crippen LogP contribution in [0.2, 0.25) is 0 Å². The number of nitrogens with zero attached hydrogens (tertiary/aromatic N) is 4. The first-order valence-corrected chi connectivity index (χ1v) is 13.1. The monoisotopic (exact) mass is 486 g/mol. The van der Waals surface area contributed by atoms with E-state index in [9.17, 15) is 0 Å². The normalized spacial score (nSPS) is 11.4. The maximum atomic E-state index is 5.53. The number of furan rings is 1. The summed E-state index contributed by atoms with van der Waals surface area (Å²) < 4.78 is 7.69. The first kappa shape index (κ1) is 22.6. The Labute approximate surface area is 207 Å². The van der Waals surface area contributed by atoms with Crippen molar-refractivity contribution in [2.24, 2.45) is 0 Å². The Kier molecular flexibility index (Phi) is 6.65. The van der Waals surface area contributed by atoms with Gasteiger partial charge in [-0.05, 0) is 30.0 Å². The van der Waals surface area contributed by atoms with E-state index in [0.717, 1.165) is 44.3 Å². The SMILES string of the molecule is Cc1occc1-c1nnc(SCc2csc(-c3ccc(C(C)C)cc3)n2)n1Cc1ccccc1. The highest BCUT2D eigenvalue weighted by Crippen LogP contribution is 2.31. The second-order valence-corrected chi connectivity index (χ2v) is 10.3. The molecule has 0 aliphatic heterocycles. The van der Waals surface area contributed by atoms with Crippen molar-refractivity contribution in [1.29, 1.82) is 0 Å². The predicted octanol–water partition coefficient (Wildman–Crippen LogP) is 7.43. The molecule has 0 bridgehead atoms. The molecule has 0 atom stereocenters. The molecule has 0 fully saturated rings. The lowest BCUT2D eigenvalue weighted by Crippen LogP contribution is -2.04. The quantitative estimate of drug-likeness (QED) is 0.213. The van der Waals surface area contributed by atoms with Crippen molar-refractivity contribution in [2.45, 2.75) is 44.1 Å². The standard InChI is InChI=1S/C27H26N4OS2/c1-18(2)21-9-11-22(12-10-21)26-28-23(16-33-26)17-34-27-30-29-25(24-13-14-32-19(24)3)31(27)15-20-7-5-4-6-8-20/h4-14,16,18H,15,17H2,1-3H3. The molecule has 3 aromatic heterocycles. The molecule has 7 heteroatoms. The summed E-state index contributed by atoms with van der Waals surface area (Å²) in [5, 5.41) is 13.1. The summed E-state index contributed by atoms with van der Waals surface area (Å²) in [7, 11) is 0. The molecule has 34 heavy (non-hydrogen) atoms. The number of rotatable bonds is 8. The van der Waals surface area contributed by atoms with Crippen molar-refractivity contribution in [1.82, 2.24) is 19.7 Å². The van der Waals surface area contributed by atoms with Crippen LogP contribution >= 0.6 is 23.1 Å². The van der Waals surface area contributed by atoms with Gasteiger partial charge in [0.25, 0.3) is 0 Å². The van der Waals surface area contributed by atoms with Crippen LogP contribution in [0.5, 0.6) is 0 Å². The topological polar surface area (TPSA) is 56.7 Å². The molecule has 2 aromatic carbocycles. The minimum atomic E-state index is 0.529. The van der Waals surface area contributed by atoms with Crippen LogP contribution in [0.3, 0.4) is 0 Å². The van der Waals surface area contributed by atoms with E-state index in [-0.39, 0.29) is 0 Å². The summed E-state index contributed by atoms with van der Waals surface area (Å²) in [5.41, 5.74) is 5.73. The summed E-state index contributed by atoms with van der Waals surface area (Å²) in [5.74, 6) is 2.92. The Morgan fingerprint density at radius 2 is 1.79 bits per heavy atom. The zero-order valence-corrected chi connectivity index (χ0v) is 21.1. The smallest absolute Gasteiger partial charge is 0.192 e. The van der Waals surface area contributed by atoms with Gasteiger partial charge in [-0.15, -0.1) is 21.5 Å². The van der Waals surface area contributed by atoms with Crippen LogP contribution in [0, 0.1) is 6.92 Å². The molecule has 5 aromatic rings. The average Bonchev–Trinajstić information content (AvgIpc) is 3.59. The lowest BCUT2D eigenvalue weighted by Gasteiger charge is -2.10. The summed E-state index contributed by atoms with van der Waals surface area (Å²) in [6, 6.07) is 21.1. The zero-order chi connectivity index (χ0) is 23.5. The van der Waals surface area contributed by atoms with Crippen LogP contribution in [0.4, 0.5) is 0 Å². The van der Waals surface area contributed by atoms with Crippen LogP contribution in [-0.4, -0.2) is 19.7 Å². The fourth-order valence-corrected chi connectivity index (χ4v) is 5.54. The second kappa shape index (κ2) is 9.99. The van der Waals surface area contributed by atoms with E-state index in [1.54, 1.807) is 29.4 Å². The molecule has 5 nitrogen and oxygen atoms in total. The lowest BCUT2D eigenvalue weighted by atomic mass is 10.0. The molecule has 0 aliphatic rings. The predicted molar refractivity (Wildman–Crippen MR) is 139 cm³/mol. The van der Waals surface area contributed by atoms with Crippen molar-refractivity contribution < 1.29 is 4.42 Å². The number of aryl methyl sites for hydroxylation is 1. The highest BCUT2D eigenvalue weighted by molar-refractivity contribution is 7.98. The molecule has 0 radical (unpaired) electrons. The molecule has 0 saturated carbocycles. The van der Waals surface area contributed by atoms with Gasteiger partial charge in [-0.25, -0.2) is 4.98 Å². The Balaban J connectivity index is 1.36. The maximum Gasteiger partial charge on any atom is 0.192 e. The van der Waals surface area contributed by atoms with Gasteiger partial charge < -0.3 is 4.42 Å². The highest BCUT2D eigenvalue weighted by Gasteiger charge is 2.18. The number of thiazole rings is 1. The number of thioether (sulfide) groups is 1. The number of aromatic nitrogens is 4. The summed E-state index contributed by atoms with van der Waals surface area (Å²) in [6.45, 7) is 7.07. The van der Waals surface area contributed by atoms with Gasteiger partial charge in [-0.2, -0.15) is 0 Å². The number of hydrogen-bond donors (Lipinski definition) is 0. The van der Waals surface area contributed by atoms with Crippen LogP contribution in [0.1, 0.15) is 42.3 Å². The fourth-order valence-electron chi connectivity index (χ4n) is 3.78. The van der Waals surface area contributed by atoms with Gasteiger partial charge in [0.05, 0.1) is 24.1 Å². The van der Waals surface area contributed by atoms with E-state index in [2.05, 4.69) is 82.5 Å². The highest BCUT2D eigenvalue weighted by atomic mass is 32.2. The maximum absolute atomic E-state index is 5.53. The molecule has 0 amide bonds. The molecular formula is C27H26N4OS2. The molecule has 172 valence electrons. The average molecular weight is 487 g/mol. The van der Waals surface area contributed by atoms with Gasteiger partial charge in [0.1, 0.15) is 10.8 Å². The third kappa shape index (κ3) is 4.86. The van der Waals surface area contributed by atoms with Gasteiger partial charge in [-0.1, -0.05) is 80.2 Å². The van der Waals surface area contributed by atoms with Crippen molar-refractivity contribution >= 4 is 23.1 Å². The largest absolute Gasteiger partial charge is 0.469 e. The van der Waals surface area contributed by atoms with Gasteiger partial charge in [0, 0.05) is 16.7 Å². The van der Waals surface area contributed by atoms with Gasteiger partial charge in [0.2, 0.25) is 0 Å². The summed E-state index contributed by atoms with van der Waals surface area (Å²) >= 11 is 3.35. The molecule has 5 rings (SSSR count).